The standard InChI is InChI=1S/C24H23N3O3/c1-5-15-26-18-10-6-7-11-19(18)27-24(26)22(16(2)25-27)20(28)14-13-17-9-8-12-21(29-3)23(17)30-4/h5-14H,1,15H2,2-4H3/b14-13+. The van der Waals surface area contributed by atoms with Gasteiger partial charge in [-0.05, 0) is 37.3 Å². The Balaban J connectivity index is 1.84. The van der Waals surface area contributed by atoms with Crippen LogP contribution in [0.5, 0.6) is 11.5 Å². The van der Waals surface area contributed by atoms with Crippen molar-refractivity contribution in [3.05, 3.63) is 78.0 Å². The first-order valence-corrected chi connectivity index (χ1v) is 9.61. The molecule has 152 valence electrons. The van der Waals surface area contributed by atoms with Crippen molar-refractivity contribution in [2.45, 2.75) is 13.5 Å². The number of fused-ring (bicyclic) bond motifs is 3. The van der Waals surface area contributed by atoms with E-state index in [0.717, 1.165) is 22.2 Å². The van der Waals surface area contributed by atoms with Crippen LogP contribution in [0.1, 0.15) is 21.6 Å². The molecule has 0 amide bonds. The molecule has 6 nitrogen and oxygen atoms in total. The Morgan fingerprint density at radius 3 is 2.57 bits per heavy atom. The number of hydrogen-bond donors (Lipinski definition) is 0. The second-order valence-electron chi connectivity index (χ2n) is 6.86. The molecule has 0 fully saturated rings. The van der Waals surface area contributed by atoms with Crippen LogP contribution in [0.3, 0.4) is 0 Å². The molecule has 0 N–H and O–H groups in total. The van der Waals surface area contributed by atoms with Gasteiger partial charge in [-0.1, -0.05) is 30.3 Å². The second-order valence-corrected chi connectivity index (χ2v) is 6.86. The van der Waals surface area contributed by atoms with Gasteiger partial charge in [0.25, 0.3) is 0 Å². The summed E-state index contributed by atoms with van der Waals surface area (Å²) in [4.78, 5) is 13.2. The molecule has 0 atom stereocenters. The highest BCUT2D eigenvalue weighted by Crippen LogP contribution is 2.32. The van der Waals surface area contributed by atoms with Crippen LogP contribution in [0.4, 0.5) is 0 Å². The summed E-state index contributed by atoms with van der Waals surface area (Å²) >= 11 is 0. The number of nitrogens with zero attached hydrogens (tertiary/aromatic N) is 3. The van der Waals surface area contributed by atoms with Gasteiger partial charge in [-0.15, -0.1) is 6.58 Å². The number of imidazole rings is 1. The predicted octanol–water partition coefficient (Wildman–Crippen LogP) is 4.70. The molecule has 0 saturated carbocycles. The number of ether oxygens (including phenoxy) is 2. The molecule has 2 aromatic heterocycles. The van der Waals surface area contributed by atoms with E-state index in [1.165, 1.54) is 0 Å². The minimum absolute atomic E-state index is 0.125. The van der Waals surface area contributed by atoms with Gasteiger partial charge in [0.05, 0.1) is 36.5 Å². The van der Waals surface area contributed by atoms with E-state index >= 15 is 0 Å². The zero-order chi connectivity index (χ0) is 21.3. The van der Waals surface area contributed by atoms with E-state index in [2.05, 4.69) is 16.2 Å². The summed E-state index contributed by atoms with van der Waals surface area (Å²) in [6.07, 6.45) is 5.12. The lowest BCUT2D eigenvalue weighted by molar-refractivity contribution is 0.104. The highest BCUT2D eigenvalue weighted by Gasteiger charge is 2.22. The third-order valence-electron chi connectivity index (χ3n) is 5.10. The molecule has 4 rings (SSSR count). The lowest BCUT2D eigenvalue weighted by atomic mass is 10.1. The van der Waals surface area contributed by atoms with Crippen LogP contribution in [0.15, 0.2) is 61.2 Å². The fraction of sp³-hybridized carbons (Fsp3) is 0.167. The highest BCUT2D eigenvalue weighted by molar-refractivity contribution is 6.12. The van der Waals surface area contributed by atoms with E-state index in [-0.39, 0.29) is 5.78 Å². The van der Waals surface area contributed by atoms with Crippen LogP contribution in [0.2, 0.25) is 0 Å². The van der Waals surface area contributed by atoms with Crippen LogP contribution in [-0.4, -0.2) is 34.2 Å². The van der Waals surface area contributed by atoms with E-state index in [0.29, 0.717) is 29.3 Å². The molecule has 30 heavy (non-hydrogen) atoms. The summed E-state index contributed by atoms with van der Waals surface area (Å²) in [5.41, 5.74) is 4.74. The molecule has 2 aromatic carbocycles. The third-order valence-corrected chi connectivity index (χ3v) is 5.10. The molecule has 0 radical (unpaired) electrons. The van der Waals surface area contributed by atoms with Gasteiger partial charge < -0.3 is 14.0 Å². The monoisotopic (exact) mass is 401 g/mol. The molecule has 0 unspecified atom stereocenters. The molecule has 0 aliphatic carbocycles. The molecule has 0 aliphatic heterocycles. The van der Waals surface area contributed by atoms with Gasteiger partial charge in [-0.2, -0.15) is 5.10 Å². The van der Waals surface area contributed by atoms with Crippen molar-refractivity contribution in [3.63, 3.8) is 0 Å². The van der Waals surface area contributed by atoms with Crippen LogP contribution in [-0.2, 0) is 6.54 Å². The largest absolute Gasteiger partial charge is 0.493 e. The van der Waals surface area contributed by atoms with Crippen molar-refractivity contribution in [2.24, 2.45) is 0 Å². The van der Waals surface area contributed by atoms with Crippen molar-refractivity contribution in [1.82, 2.24) is 14.2 Å². The number of carbonyl (C=O) groups excluding carboxylic acids is 1. The number of aryl methyl sites for hydroxylation is 1. The van der Waals surface area contributed by atoms with Gasteiger partial charge in [0.1, 0.15) is 5.65 Å². The van der Waals surface area contributed by atoms with Crippen LogP contribution in [0.25, 0.3) is 22.8 Å². The Bertz CT molecular complexity index is 1290. The van der Waals surface area contributed by atoms with Crippen molar-refractivity contribution in [1.29, 1.82) is 0 Å². The minimum Gasteiger partial charge on any atom is -0.493 e. The lowest BCUT2D eigenvalue weighted by Gasteiger charge is -2.09. The number of ketones is 1. The Hall–Kier alpha value is -3.80. The molecule has 0 spiro atoms. The predicted molar refractivity (Wildman–Crippen MR) is 119 cm³/mol. The SMILES string of the molecule is C=CCn1c2ccccc2n2nc(C)c(C(=O)/C=C/c3cccc(OC)c3OC)c12. The number of benzene rings is 2. The Morgan fingerprint density at radius 1 is 1.10 bits per heavy atom. The smallest absolute Gasteiger partial charge is 0.191 e. The van der Waals surface area contributed by atoms with E-state index in [9.17, 15) is 4.79 Å². The first kappa shape index (κ1) is 19.5. The van der Waals surface area contributed by atoms with Crippen LogP contribution < -0.4 is 9.47 Å². The van der Waals surface area contributed by atoms with Gasteiger partial charge in [0.2, 0.25) is 0 Å². The lowest BCUT2D eigenvalue weighted by Crippen LogP contribution is -2.02. The maximum atomic E-state index is 13.2. The van der Waals surface area contributed by atoms with Gasteiger partial charge >= 0.3 is 0 Å². The van der Waals surface area contributed by atoms with Crippen molar-refractivity contribution in [2.75, 3.05) is 14.2 Å². The van der Waals surface area contributed by atoms with Crippen LogP contribution >= 0.6 is 0 Å². The maximum Gasteiger partial charge on any atom is 0.191 e. The molecule has 0 aliphatic rings. The van der Waals surface area contributed by atoms with Gasteiger partial charge in [-0.25, -0.2) is 4.52 Å². The molecular weight excluding hydrogens is 378 g/mol. The molecule has 2 heterocycles. The molecule has 0 saturated heterocycles. The number of carbonyl (C=O) groups is 1. The molecule has 6 heteroatoms. The van der Waals surface area contributed by atoms with Gasteiger partial charge in [0.15, 0.2) is 17.3 Å². The highest BCUT2D eigenvalue weighted by atomic mass is 16.5. The maximum absolute atomic E-state index is 13.2. The Kier molecular flexibility index (Phi) is 5.14. The second kappa shape index (κ2) is 7.91. The first-order chi connectivity index (χ1) is 14.6. The average Bonchev–Trinajstić information content (AvgIpc) is 3.25. The third kappa shape index (κ3) is 3.06. The van der Waals surface area contributed by atoms with E-state index in [1.807, 2.05) is 60.0 Å². The van der Waals surface area contributed by atoms with Gasteiger partial charge in [-0.3, -0.25) is 4.79 Å². The topological polar surface area (TPSA) is 57.8 Å². The fourth-order valence-corrected chi connectivity index (χ4v) is 3.81. The van der Waals surface area contributed by atoms with Crippen molar-refractivity contribution >= 4 is 28.5 Å². The van der Waals surface area contributed by atoms with Crippen molar-refractivity contribution in [3.8, 4) is 11.5 Å². The fourth-order valence-electron chi connectivity index (χ4n) is 3.81. The average molecular weight is 401 g/mol. The zero-order valence-corrected chi connectivity index (χ0v) is 17.3. The number of para-hydroxylation sites is 3. The normalized spacial score (nSPS) is 11.4. The van der Waals surface area contributed by atoms with Crippen molar-refractivity contribution < 1.29 is 14.3 Å². The number of allylic oxidation sites excluding steroid dienone is 2. The minimum atomic E-state index is -0.125. The summed E-state index contributed by atoms with van der Waals surface area (Å²) in [5, 5.41) is 4.64. The summed E-state index contributed by atoms with van der Waals surface area (Å²) in [6.45, 7) is 6.30. The Morgan fingerprint density at radius 2 is 1.87 bits per heavy atom. The van der Waals surface area contributed by atoms with Gasteiger partial charge in [0, 0.05) is 12.1 Å². The summed E-state index contributed by atoms with van der Waals surface area (Å²) in [5.74, 6) is 1.07. The summed E-state index contributed by atoms with van der Waals surface area (Å²) in [7, 11) is 3.16. The Labute approximate surface area is 174 Å². The van der Waals surface area contributed by atoms with E-state index < -0.39 is 0 Å². The number of aromatic nitrogens is 3. The number of hydrogen-bond acceptors (Lipinski definition) is 4. The quantitative estimate of drug-likeness (QED) is 0.256. The first-order valence-electron chi connectivity index (χ1n) is 9.61. The van der Waals surface area contributed by atoms with E-state index in [4.69, 9.17) is 9.47 Å². The molecular formula is C24H23N3O3. The van der Waals surface area contributed by atoms with E-state index in [1.54, 1.807) is 26.4 Å². The number of rotatable bonds is 7. The zero-order valence-electron chi connectivity index (χ0n) is 17.3. The molecule has 4 aromatic rings. The number of methoxy groups -OCH3 is 2. The summed E-state index contributed by atoms with van der Waals surface area (Å²) < 4.78 is 14.7. The van der Waals surface area contributed by atoms with Crippen LogP contribution in [0, 0.1) is 6.92 Å². The summed E-state index contributed by atoms with van der Waals surface area (Å²) in [6, 6.07) is 13.5. The molecule has 0 bridgehead atoms.